The van der Waals surface area contributed by atoms with Crippen LogP contribution in [-0.2, 0) is 9.84 Å². The molecule has 0 saturated heterocycles. The van der Waals surface area contributed by atoms with E-state index >= 15 is 0 Å². The average Bonchev–Trinajstić information content (AvgIpc) is 2.26. The molecular weight excluding hydrogens is 250 g/mol. The van der Waals surface area contributed by atoms with E-state index in [0.29, 0.717) is 5.75 Å². The summed E-state index contributed by atoms with van der Waals surface area (Å²) in [5, 5.41) is 0. The molecule has 0 spiro atoms. The molecule has 0 bridgehead atoms. The van der Waals surface area contributed by atoms with Crippen molar-refractivity contribution in [3.8, 4) is 5.75 Å². The maximum atomic E-state index is 11.9. The molecule has 0 fully saturated rings. The molecule has 1 aromatic carbocycles. The van der Waals surface area contributed by atoms with E-state index in [1.807, 2.05) is 26.0 Å². The predicted molar refractivity (Wildman–Crippen MR) is 73.4 cm³/mol. The highest BCUT2D eigenvalue weighted by atomic mass is 32.2. The summed E-state index contributed by atoms with van der Waals surface area (Å²) in [5.41, 5.74) is 6.70. The third-order valence-electron chi connectivity index (χ3n) is 2.56. The summed E-state index contributed by atoms with van der Waals surface area (Å²) < 4.78 is 29.0. The number of hydrogen-bond donors (Lipinski definition) is 1. The summed E-state index contributed by atoms with van der Waals surface area (Å²) >= 11 is 0. The van der Waals surface area contributed by atoms with E-state index in [4.69, 9.17) is 10.5 Å². The second-order valence-electron chi connectivity index (χ2n) is 4.82. The monoisotopic (exact) mass is 271 g/mol. The van der Waals surface area contributed by atoms with Crippen molar-refractivity contribution in [2.24, 2.45) is 11.7 Å². The molecule has 1 unspecified atom stereocenters. The summed E-state index contributed by atoms with van der Waals surface area (Å²) in [6.07, 6.45) is 0. The number of para-hydroxylation sites is 1. The Morgan fingerprint density at radius 3 is 2.39 bits per heavy atom. The van der Waals surface area contributed by atoms with Gasteiger partial charge in [0.1, 0.15) is 5.75 Å². The zero-order chi connectivity index (χ0) is 13.8. The van der Waals surface area contributed by atoms with Crippen LogP contribution >= 0.6 is 0 Å². The van der Waals surface area contributed by atoms with Crippen molar-refractivity contribution < 1.29 is 13.2 Å². The molecule has 0 aliphatic rings. The van der Waals surface area contributed by atoms with E-state index in [9.17, 15) is 8.42 Å². The van der Waals surface area contributed by atoms with Crippen molar-refractivity contribution in [2.45, 2.75) is 19.9 Å². The molecule has 0 saturated carbocycles. The molecule has 0 radical (unpaired) electrons. The molecule has 102 valence electrons. The van der Waals surface area contributed by atoms with E-state index < -0.39 is 15.9 Å². The number of rotatable bonds is 6. The van der Waals surface area contributed by atoms with Gasteiger partial charge in [0.25, 0.3) is 0 Å². The van der Waals surface area contributed by atoms with E-state index in [1.165, 1.54) is 0 Å². The Morgan fingerprint density at radius 1 is 1.22 bits per heavy atom. The lowest BCUT2D eigenvalue weighted by molar-refractivity contribution is 0.407. The Labute approximate surface area is 109 Å². The highest BCUT2D eigenvalue weighted by Crippen LogP contribution is 2.24. The summed E-state index contributed by atoms with van der Waals surface area (Å²) in [6.45, 7) is 3.76. The van der Waals surface area contributed by atoms with E-state index in [0.717, 1.165) is 5.56 Å². The summed E-state index contributed by atoms with van der Waals surface area (Å²) in [7, 11) is -1.58. The fraction of sp³-hybridized carbons (Fsp3) is 0.538. The van der Waals surface area contributed by atoms with Crippen molar-refractivity contribution >= 4 is 9.84 Å². The predicted octanol–water partition coefficient (Wildman–Crippen LogP) is 1.77. The van der Waals surface area contributed by atoms with Gasteiger partial charge in [-0.15, -0.1) is 0 Å². The molecule has 18 heavy (non-hydrogen) atoms. The van der Waals surface area contributed by atoms with Crippen LogP contribution in [0.2, 0.25) is 0 Å². The molecule has 2 N–H and O–H groups in total. The molecule has 0 aromatic heterocycles. The third-order valence-corrected chi connectivity index (χ3v) is 4.60. The van der Waals surface area contributed by atoms with Crippen LogP contribution in [-0.4, -0.2) is 27.0 Å². The first kappa shape index (κ1) is 15.0. The Morgan fingerprint density at radius 2 is 1.83 bits per heavy atom. The molecule has 5 heteroatoms. The highest BCUT2D eigenvalue weighted by molar-refractivity contribution is 7.91. The van der Waals surface area contributed by atoms with Gasteiger partial charge in [-0.25, -0.2) is 8.42 Å². The van der Waals surface area contributed by atoms with Crippen molar-refractivity contribution in [3.63, 3.8) is 0 Å². The van der Waals surface area contributed by atoms with Crippen molar-refractivity contribution in [1.29, 1.82) is 0 Å². The van der Waals surface area contributed by atoms with Gasteiger partial charge in [0, 0.05) is 11.6 Å². The average molecular weight is 271 g/mol. The first-order valence-electron chi connectivity index (χ1n) is 5.94. The topological polar surface area (TPSA) is 69.4 Å². The van der Waals surface area contributed by atoms with Crippen molar-refractivity contribution in [2.75, 3.05) is 18.6 Å². The smallest absolute Gasteiger partial charge is 0.152 e. The van der Waals surface area contributed by atoms with Gasteiger partial charge in [-0.1, -0.05) is 32.0 Å². The van der Waals surface area contributed by atoms with Crippen LogP contribution in [0.25, 0.3) is 0 Å². The van der Waals surface area contributed by atoms with Crippen molar-refractivity contribution in [1.82, 2.24) is 0 Å². The number of hydrogen-bond acceptors (Lipinski definition) is 4. The van der Waals surface area contributed by atoms with Crippen LogP contribution in [0.3, 0.4) is 0 Å². The van der Waals surface area contributed by atoms with Crippen LogP contribution < -0.4 is 10.5 Å². The number of nitrogens with two attached hydrogens (primary N) is 1. The fourth-order valence-electron chi connectivity index (χ4n) is 1.91. The van der Waals surface area contributed by atoms with Crippen LogP contribution in [0, 0.1) is 5.92 Å². The SMILES string of the molecule is COc1ccccc1C(N)CS(=O)(=O)CC(C)C. The Bertz CT molecular complexity index is 483. The molecule has 0 heterocycles. The van der Waals surface area contributed by atoms with Crippen LogP contribution in [0.5, 0.6) is 5.75 Å². The molecular formula is C13H21NO3S. The molecule has 1 aromatic rings. The standard InChI is InChI=1S/C13H21NO3S/c1-10(2)8-18(15,16)9-12(14)11-6-4-5-7-13(11)17-3/h4-7,10,12H,8-9,14H2,1-3H3. The number of benzene rings is 1. The van der Waals surface area contributed by atoms with Crippen LogP contribution in [0.4, 0.5) is 0 Å². The molecule has 0 aliphatic heterocycles. The molecule has 1 atom stereocenters. The zero-order valence-corrected chi connectivity index (χ0v) is 11.9. The van der Waals surface area contributed by atoms with Gasteiger partial charge in [-0.05, 0) is 12.0 Å². The molecule has 0 aliphatic carbocycles. The van der Waals surface area contributed by atoms with Crippen LogP contribution in [0.15, 0.2) is 24.3 Å². The van der Waals surface area contributed by atoms with Gasteiger partial charge >= 0.3 is 0 Å². The third kappa shape index (κ3) is 4.31. The summed E-state index contributed by atoms with van der Waals surface area (Å²) in [4.78, 5) is 0. The van der Waals surface area contributed by atoms with E-state index in [-0.39, 0.29) is 17.4 Å². The largest absolute Gasteiger partial charge is 0.496 e. The Balaban J connectivity index is 2.85. The number of methoxy groups -OCH3 is 1. The maximum Gasteiger partial charge on any atom is 0.152 e. The lowest BCUT2D eigenvalue weighted by Crippen LogP contribution is -2.25. The van der Waals surface area contributed by atoms with Gasteiger partial charge in [0.2, 0.25) is 0 Å². The zero-order valence-electron chi connectivity index (χ0n) is 11.1. The summed E-state index contributed by atoms with van der Waals surface area (Å²) in [5.74, 6) is 0.853. The minimum absolute atomic E-state index is 0.0500. The molecule has 4 nitrogen and oxygen atoms in total. The maximum absolute atomic E-state index is 11.9. The van der Waals surface area contributed by atoms with Crippen molar-refractivity contribution in [3.05, 3.63) is 29.8 Å². The second-order valence-corrected chi connectivity index (χ2v) is 6.97. The number of sulfone groups is 1. The molecule has 1 rings (SSSR count). The first-order chi connectivity index (χ1) is 8.35. The first-order valence-corrected chi connectivity index (χ1v) is 7.76. The van der Waals surface area contributed by atoms with Gasteiger partial charge in [-0.3, -0.25) is 0 Å². The fourth-order valence-corrected chi connectivity index (χ4v) is 3.79. The van der Waals surface area contributed by atoms with E-state index in [1.54, 1.807) is 19.2 Å². The summed E-state index contributed by atoms with van der Waals surface area (Å²) in [6, 6.07) is 6.69. The lowest BCUT2D eigenvalue weighted by Gasteiger charge is -2.16. The minimum Gasteiger partial charge on any atom is -0.496 e. The lowest BCUT2D eigenvalue weighted by atomic mass is 10.1. The van der Waals surface area contributed by atoms with Crippen LogP contribution in [0.1, 0.15) is 25.5 Å². The Hall–Kier alpha value is -1.07. The van der Waals surface area contributed by atoms with E-state index in [2.05, 4.69) is 0 Å². The molecule has 0 amide bonds. The normalized spacial score (nSPS) is 13.6. The van der Waals surface area contributed by atoms with Gasteiger partial charge in [0.05, 0.1) is 18.6 Å². The Kier molecular flexibility index (Phi) is 5.16. The van der Waals surface area contributed by atoms with Gasteiger partial charge in [-0.2, -0.15) is 0 Å². The minimum atomic E-state index is -3.13. The highest BCUT2D eigenvalue weighted by Gasteiger charge is 2.20. The van der Waals surface area contributed by atoms with Gasteiger partial charge in [0.15, 0.2) is 9.84 Å². The van der Waals surface area contributed by atoms with Gasteiger partial charge < -0.3 is 10.5 Å². The quantitative estimate of drug-likeness (QED) is 0.856. The number of ether oxygens (including phenoxy) is 1. The second kappa shape index (κ2) is 6.20.